The first kappa shape index (κ1) is 23.4. The molecule has 0 spiro atoms. The minimum absolute atomic E-state index is 0.0262. The highest BCUT2D eigenvalue weighted by molar-refractivity contribution is 7.15. The summed E-state index contributed by atoms with van der Waals surface area (Å²) in [7, 11) is 0. The summed E-state index contributed by atoms with van der Waals surface area (Å²) in [6, 6.07) is 8.19. The van der Waals surface area contributed by atoms with Crippen LogP contribution in [0.3, 0.4) is 0 Å². The number of fused-ring (bicyclic) bond motifs is 2. The summed E-state index contributed by atoms with van der Waals surface area (Å²) in [6.45, 7) is 7.46. The molecule has 3 aromatic heterocycles. The molecule has 2 aliphatic rings. The summed E-state index contributed by atoms with van der Waals surface area (Å²) in [4.78, 5) is 39.8. The Hall–Kier alpha value is -3.04. The Balaban J connectivity index is 1.28. The van der Waals surface area contributed by atoms with Crippen molar-refractivity contribution in [3.8, 4) is 10.4 Å². The molecule has 0 radical (unpaired) electrons. The number of rotatable bonds is 5. The molecule has 1 aliphatic heterocycles. The number of benzene rings is 1. The smallest absolute Gasteiger partial charge is 0.274 e. The molecule has 1 saturated carbocycles. The Morgan fingerprint density at radius 3 is 2.92 bits per heavy atom. The fourth-order valence-electron chi connectivity index (χ4n) is 6.11. The number of hydrogen-bond acceptors (Lipinski definition) is 6. The summed E-state index contributed by atoms with van der Waals surface area (Å²) in [5, 5.41) is 5.93. The average Bonchev–Trinajstić information content (AvgIpc) is 3.64. The number of aromatic nitrogens is 3. The molecular formula is C27H29N5O2S2. The third kappa shape index (κ3) is 4.04. The van der Waals surface area contributed by atoms with Crippen LogP contribution in [0.15, 0.2) is 42.0 Å². The third-order valence-corrected chi connectivity index (χ3v) is 9.43. The van der Waals surface area contributed by atoms with Crippen molar-refractivity contribution in [2.45, 2.75) is 39.7 Å². The minimum atomic E-state index is -0.159. The van der Waals surface area contributed by atoms with Gasteiger partial charge in [-0.2, -0.15) is 0 Å². The van der Waals surface area contributed by atoms with Crippen molar-refractivity contribution in [3.63, 3.8) is 0 Å². The number of nitrogens with zero attached hydrogens (tertiary/aromatic N) is 4. The lowest BCUT2D eigenvalue weighted by Gasteiger charge is -2.28. The lowest BCUT2D eigenvalue weighted by atomic mass is 9.93. The Morgan fingerprint density at radius 2 is 2.08 bits per heavy atom. The first-order chi connectivity index (χ1) is 17.4. The predicted molar refractivity (Wildman–Crippen MR) is 143 cm³/mol. The first-order valence-electron chi connectivity index (χ1n) is 12.4. The monoisotopic (exact) mass is 519 g/mol. The summed E-state index contributed by atoms with van der Waals surface area (Å²) in [5.74, 6) is 1.30. The zero-order valence-corrected chi connectivity index (χ0v) is 22.2. The molecule has 9 heteroatoms. The molecule has 4 aromatic rings. The molecule has 4 atom stereocenters. The van der Waals surface area contributed by atoms with Gasteiger partial charge in [-0.1, -0.05) is 36.8 Å². The molecule has 4 heterocycles. The summed E-state index contributed by atoms with van der Waals surface area (Å²) in [6.07, 6.45) is 5.68. The van der Waals surface area contributed by atoms with Gasteiger partial charge in [0, 0.05) is 24.7 Å². The molecular weight excluding hydrogens is 490 g/mol. The Bertz CT molecular complexity index is 1450. The van der Waals surface area contributed by atoms with Gasteiger partial charge in [0.25, 0.3) is 11.8 Å². The third-order valence-electron chi connectivity index (χ3n) is 7.64. The van der Waals surface area contributed by atoms with E-state index in [1.807, 2.05) is 39.9 Å². The molecule has 1 N–H and O–H groups in total. The summed E-state index contributed by atoms with van der Waals surface area (Å²) >= 11 is 3.07. The second kappa shape index (κ2) is 9.12. The van der Waals surface area contributed by atoms with E-state index in [0.29, 0.717) is 35.7 Å². The molecule has 1 aromatic carbocycles. The molecule has 186 valence electrons. The van der Waals surface area contributed by atoms with E-state index in [-0.39, 0.29) is 17.9 Å². The van der Waals surface area contributed by atoms with E-state index in [1.165, 1.54) is 11.3 Å². The fraction of sp³-hybridized carbons (Fsp3) is 0.407. The van der Waals surface area contributed by atoms with Crippen LogP contribution in [0.5, 0.6) is 0 Å². The SMILES string of the molecule is Cc1cccc(-c2sc(C)nc2C(=O)N2C[C@@H]3CC(C)CC3[C@H]2CNC(=O)c2cnc3sccn23)c1. The van der Waals surface area contributed by atoms with Crippen molar-refractivity contribution >= 4 is 39.4 Å². The molecule has 2 fully saturated rings. The highest BCUT2D eigenvalue weighted by atomic mass is 32.1. The normalized spacial score (nSPS) is 23.4. The molecule has 36 heavy (non-hydrogen) atoms. The molecule has 7 nitrogen and oxygen atoms in total. The maximum Gasteiger partial charge on any atom is 0.274 e. The maximum absolute atomic E-state index is 14.0. The fourth-order valence-corrected chi connectivity index (χ4v) is 7.71. The van der Waals surface area contributed by atoms with Crippen molar-refractivity contribution in [3.05, 3.63) is 64.0 Å². The van der Waals surface area contributed by atoms with Crippen LogP contribution in [0, 0.1) is 31.6 Å². The van der Waals surface area contributed by atoms with E-state index >= 15 is 0 Å². The predicted octanol–water partition coefficient (Wildman–Crippen LogP) is 5.05. The largest absolute Gasteiger partial charge is 0.349 e. The number of carbonyl (C=O) groups excluding carboxylic acids is 2. The van der Waals surface area contributed by atoms with Crippen molar-refractivity contribution in [1.29, 1.82) is 0 Å². The number of aryl methyl sites for hydroxylation is 2. The number of likely N-dealkylation sites (tertiary alicyclic amines) is 1. The van der Waals surface area contributed by atoms with Crippen LogP contribution in [0.25, 0.3) is 15.4 Å². The van der Waals surface area contributed by atoms with Crippen molar-refractivity contribution in [2.24, 2.45) is 17.8 Å². The molecule has 0 bridgehead atoms. The van der Waals surface area contributed by atoms with Crippen LogP contribution in [0.1, 0.15) is 51.3 Å². The maximum atomic E-state index is 14.0. The van der Waals surface area contributed by atoms with Gasteiger partial charge in [-0.05, 0) is 50.0 Å². The quantitative estimate of drug-likeness (QED) is 0.400. The van der Waals surface area contributed by atoms with Gasteiger partial charge >= 0.3 is 0 Å². The minimum Gasteiger partial charge on any atom is -0.349 e. The van der Waals surface area contributed by atoms with Gasteiger partial charge in [-0.25, -0.2) is 9.97 Å². The van der Waals surface area contributed by atoms with Crippen molar-refractivity contribution in [1.82, 2.24) is 24.6 Å². The first-order valence-corrected chi connectivity index (χ1v) is 14.1. The number of amides is 2. The Morgan fingerprint density at radius 1 is 1.22 bits per heavy atom. The topological polar surface area (TPSA) is 79.6 Å². The Kier molecular flexibility index (Phi) is 5.92. The Labute approximate surface area is 218 Å². The standard InChI is InChI=1S/C27H29N5O2S2/c1-15-5-4-6-18(9-15)24-23(30-17(3)36-24)26(34)32-14-19-10-16(2)11-20(19)21(32)12-28-25(33)22-13-29-27-31(22)7-8-35-27/h4-9,13,16,19-21H,10-12,14H2,1-3H3,(H,28,33)/t16?,19-,20?,21+/m0/s1. The number of thiazole rings is 2. The van der Waals surface area contributed by atoms with Crippen LogP contribution in [-0.4, -0.2) is 50.2 Å². The molecule has 2 amide bonds. The van der Waals surface area contributed by atoms with Crippen LogP contribution < -0.4 is 5.32 Å². The lowest BCUT2D eigenvalue weighted by molar-refractivity contribution is 0.0692. The second-order valence-corrected chi connectivity index (χ2v) is 12.3. The van der Waals surface area contributed by atoms with Gasteiger partial charge in [0.15, 0.2) is 4.96 Å². The average molecular weight is 520 g/mol. The second-order valence-electron chi connectivity index (χ2n) is 10.2. The van der Waals surface area contributed by atoms with Crippen LogP contribution in [0.2, 0.25) is 0 Å². The van der Waals surface area contributed by atoms with E-state index in [9.17, 15) is 9.59 Å². The van der Waals surface area contributed by atoms with Crippen LogP contribution >= 0.6 is 22.7 Å². The number of hydrogen-bond donors (Lipinski definition) is 1. The van der Waals surface area contributed by atoms with Crippen molar-refractivity contribution in [2.75, 3.05) is 13.1 Å². The van der Waals surface area contributed by atoms with E-state index in [0.717, 1.165) is 45.4 Å². The number of imidazole rings is 1. The van der Waals surface area contributed by atoms with Gasteiger partial charge in [0.1, 0.15) is 11.4 Å². The van der Waals surface area contributed by atoms with Gasteiger partial charge in [-0.3, -0.25) is 14.0 Å². The van der Waals surface area contributed by atoms with Gasteiger partial charge in [0.2, 0.25) is 0 Å². The van der Waals surface area contributed by atoms with Gasteiger partial charge in [-0.15, -0.1) is 22.7 Å². The molecule has 6 rings (SSSR count). The molecule has 1 aliphatic carbocycles. The highest BCUT2D eigenvalue weighted by Gasteiger charge is 2.48. The number of carbonyl (C=O) groups is 2. The zero-order valence-electron chi connectivity index (χ0n) is 20.6. The van der Waals surface area contributed by atoms with E-state index in [4.69, 9.17) is 4.98 Å². The van der Waals surface area contributed by atoms with Gasteiger partial charge < -0.3 is 10.2 Å². The highest BCUT2D eigenvalue weighted by Crippen LogP contribution is 2.46. The summed E-state index contributed by atoms with van der Waals surface area (Å²) < 4.78 is 1.81. The summed E-state index contributed by atoms with van der Waals surface area (Å²) in [5.41, 5.74) is 3.24. The van der Waals surface area contributed by atoms with E-state index in [1.54, 1.807) is 17.5 Å². The van der Waals surface area contributed by atoms with E-state index < -0.39 is 0 Å². The van der Waals surface area contributed by atoms with E-state index in [2.05, 4.69) is 36.3 Å². The van der Waals surface area contributed by atoms with Crippen molar-refractivity contribution < 1.29 is 9.59 Å². The molecule has 2 unspecified atom stereocenters. The number of nitrogens with one attached hydrogen (secondary N) is 1. The van der Waals surface area contributed by atoms with Crippen LogP contribution in [-0.2, 0) is 0 Å². The lowest BCUT2D eigenvalue weighted by Crippen LogP contribution is -2.46. The zero-order chi connectivity index (χ0) is 25.0. The van der Waals surface area contributed by atoms with Crippen LogP contribution in [0.4, 0.5) is 0 Å². The molecule has 1 saturated heterocycles. The van der Waals surface area contributed by atoms with Gasteiger partial charge in [0.05, 0.1) is 22.1 Å².